The van der Waals surface area contributed by atoms with Crippen molar-refractivity contribution in [3.8, 4) is 5.75 Å². The molecule has 6 heteroatoms. The minimum absolute atomic E-state index is 0.129. The van der Waals surface area contributed by atoms with Crippen LogP contribution in [0.25, 0.3) is 0 Å². The van der Waals surface area contributed by atoms with Gasteiger partial charge in [-0.05, 0) is 30.3 Å². The van der Waals surface area contributed by atoms with Crippen molar-refractivity contribution in [3.63, 3.8) is 0 Å². The third-order valence-corrected chi connectivity index (χ3v) is 4.48. The van der Waals surface area contributed by atoms with E-state index in [1.54, 1.807) is 19.4 Å². The van der Waals surface area contributed by atoms with Gasteiger partial charge in [0.25, 0.3) is 5.91 Å². The summed E-state index contributed by atoms with van der Waals surface area (Å²) in [5.41, 5.74) is 2.74. The fourth-order valence-corrected chi connectivity index (χ4v) is 3.01. The van der Waals surface area contributed by atoms with E-state index in [2.05, 4.69) is 38.8 Å². The lowest BCUT2D eigenvalue weighted by Gasteiger charge is -2.37. The van der Waals surface area contributed by atoms with Crippen LogP contribution in [0.1, 0.15) is 10.4 Å². The molecule has 3 rings (SSSR count). The normalized spacial score (nSPS) is 14.0. The van der Waals surface area contributed by atoms with E-state index in [0.717, 1.165) is 37.6 Å². The second kappa shape index (κ2) is 8.38. The van der Waals surface area contributed by atoms with Gasteiger partial charge in [0.2, 0.25) is 0 Å². The average Bonchev–Trinajstić information content (AvgIpc) is 2.72. The predicted molar refractivity (Wildman–Crippen MR) is 104 cm³/mol. The Morgan fingerprint density at radius 2 is 1.81 bits per heavy atom. The summed E-state index contributed by atoms with van der Waals surface area (Å²) in [7, 11) is 1.67. The maximum absolute atomic E-state index is 12.1. The first-order chi connectivity index (χ1) is 12.7. The number of benzene rings is 1. The van der Waals surface area contributed by atoms with Crippen LogP contribution in [0.2, 0.25) is 0 Å². The van der Waals surface area contributed by atoms with Crippen molar-refractivity contribution >= 4 is 17.3 Å². The van der Waals surface area contributed by atoms with Crippen molar-refractivity contribution in [3.05, 3.63) is 60.9 Å². The fourth-order valence-electron chi connectivity index (χ4n) is 3.01. The maximum Gasteiger partial charge on any atom is 0.253 e. The van der Waals surface area contributed by atoms with Crippen LogP contribution in [0.4, 0.5) is 11.4 Å². The summed E-state index contributed by atoms with van der Waals surface area (Å²) in [6.07, 6.45) is 5.07. The Morgan fingerprint density at radius 3 is 2.42 bits per heavy atom. The van der Waals surface area contributed by atoms with Crippen LogP contribution >= 0.6 is 0 Å². The van der Waals surface area contributed by atoms with Crippen molar-refractivity contribution in [1.29, 1.82) is 0 Å². The Labute approximate surface area is 154 Å². The molecule has 0 unspecified atom stereocenters. The zero-order valence-electron chi connectivity index (χ0n) is 15.0. The number of nitrogens with one attached hydrogen (secondary N) is 1. The van der Waals surface area contributed by atoms with Crippen LogP contribution in [-0.2, 0) is 0 Å². The van der Waals surface area contributed by atoms with Crippen LogP contribution in [0.3, 0.4) is 0 Å². The molecular formula is C20H24N4O2. The number of amides is 1. The van der Waals surface area contributed by atoms with Crippen LogP contribution < -0.4 is 19.9 Å². The van der Waals surface area contributed by atoms with E-state index in [1.165, 1.54) is 5.69 Å². The second-order valence-electron chi connectivity index (χ2n) is 6.10. The van der Waals surface area contributed by atoms with Crippen LogP contribution in [0.15, 0.2) is 55.4 Å². The summed E-state index contributed by atoms with van der Waals surface area (Å²) < 4.78 is 5.21. The Kier molecular flexibility index (Phi) is 5.73. The number of piperazine rings is 1. The lowest BCUT2D eigenvalue weighted by molar-refractivity contribution is 0.0957. The van der Waals surface area contributed by atoms with Crippen molar-refractivity contribution < 1.29 is 9.53 Å². The lowest BCUT2D eigenvalue weighted by Crippen LogP contribution is -2.46. The number of methoxy groups -OCH3 is 1. The molecule has 1 aromatic carbocycles. The summed E-state index contributed by atoms with van der Waals surface area (Å²) in [5, 5.41) is 2.78. The van der Waals surface area contributed by atoms with Crippen LogP contribution in [0, 0.1) is 0 Å². The largest absolute Gasteiger partial charge is 0.497 e. The molecule has 1 aliphatic rings. The molecule has 1 aliphatic heterocycles. The van der Waals surface area contributed by atoms with Gasteiger partial charge in [0.1, 0.15) is 5.75 Å². The molecule has 1 aromatic heterocycles. The molecule has 26 heavy (non-hydrogen) atoms. The topological polar surface area (TPSA) is 57.7 Å². The SMILES string of the molecule is C=CCNC(=O)c1cncc(N2CCN(c3ccc(OC)cc3)CC2)c1. The molecule has 0 radical (unpaired) electrons. The number of carbonyl (C=O) groups excluding carboxylic acids is 1. The molecule has 136 valence electrons. The molecule has 0 spiro atoms. The Hall–Kier alpha value is -3.02. The van der Waals surface area contributed by atoms with Gasteiger partial charge in [-0.3, -0.25) is 9.78 Å². The Morgan fingerprint density at radius 1 is 1.15 bits per heavy atom. The van der Waals surface area contributed by atoms with Gasteiger partial charge in [0.15, 0.2) is 0 Å². The smallest absolute Gasteiger partial charge is 0.253 e. The first-order valence-electron chi connectivity index (χ1n) is 8.69. The van der Waals surface area contributed by atoms with E-state index in [9.17, 15) is 4.79 Å². The van der Waals surface area contributed by atoms with Gasteiger partial charge in [-0.2, -0.15) is 0 Å². The third-order valence-electron chi connectivity index (χ3n) is 4.48. The molecular weight excluding hydrogens is 328 g/mol. The van der Waals surface area contributed by atoms with Crippen molar-refractivity contribution in [1.82, 2.24) is 10.3 Å². The van der Waals surface area contributed by atoms with Crippen molar-refractivity contribution in [2.45, 2.75) is 0 Å². The Balaban J connectivity index is 1.62. The molecule has 0 atom stereocenters. The molecule has 2 heterocycles. The summed E-state index contributed by atoms with van der Waals surface area (Å²) >= 11 is 0. The van der Waals surface area contributed by atoms with E-state index < -0.39 is 0 Å². The van der Waals surface area contributed by atoms with E-state index in [4.69, 9.17) is 4.74 Å². The minimum Gasteiger partial charge on any atom is -0.497 e. The zero-order chi connectivity index (χ0) is 18.4. The van der Waals surface area contributed by atoms with Gasteiger partial charge in [0.05, 0.1) is 24.6 Å². The summed E-state index contributed by atoms with van der Waals surface area (Å²) in [6, 6.07) is 10.0. The highest BCUT2D eigenvalue weighted by molar-refractivity contribution is 5.94. The molecule has 1 N–H and O–H groups in total. The molecule has 6 nitrogen and oxygen atoms in total. The van der Waals surface area contributed by atoms with Crippen molar-refractivity contribution in [2.75, 3.05) is 49.6 Å². The monoisotopic (exact) mass is 352 g/mol. The number of nitrogens with zero attached hydrogens (tertiary/aromatic N) is 3. The lowest BCUT2D eigenvalue weighted by atomic mass is 10.2. The summed E-state index contributed by atoms with van der Waals surface area (Å²) in [5.74, 6) is 0.737. The first kappa shape index (κ1) is 17.8. The molecule has 0 bridgehead atoms. The number of aromatic nitrogens is 1. The average molecular weight is 352 g/mol. The maximum atomic E-state index is 12.1. The number of ether oxygens (including phenoxy) is 1. The first-order valence-corrected chi connectivity index (χ1v) is 8.69. The van der Waals surface area contributed by atoms with E-state index >= 15 is 0 Å². The van der Waals surface area contributed by atoms with E-state index in [0.29, 0.717) is 12.1 Å². The standard InChI is InChI=1S/C20H24N4O2/c1-3-8-22-20(25)16-13-18(15-21-14-16)24-11-9-23(10-12-24)17-4-6-19(26-2)7-5-17/h3-7,13-15H,1,8-12H2,2H3,(H,22,25). The molecule has 0 aliphatic carbocycles. The van der Waals surface area contributed by atoms with Crippen LogP contribution in [-0.4, -0.2) is 50.7 Å². The third kappa shape index (κ3) is 4.14. The van der Waals surface area contributed by atoms with Gasteiger partial charge >= 0.3 is 0 Å². The second-order valence-corrected chi connectivity index (χ2v) is 6.10. The molecule has 1 amide bonds. The Bertz CT molecular complexity index is 753. The number of rotatable bonds is 6. The highest BCUT2D eigenvalue weighted by Crippen LogP contribution is 2.23. The summed E-state index contributed by atoms with van der Waals surface area (Å²) in [4.78, 5) is 20.9. The number of hydrogen-bond donors (Lipinski definition) is 1. The molecule has 0 saturated carbocycles. The molecule has 1 fully saturated rings. The van der Waals surface area contributed by atoms with Gasteiger partial charge in [0, 0.05) is 44.6 Å². The van der Waals surface area contributed by atoms with E-state index in [-0.39, 0.29) is 5.91 Å². The van der Waals surface area contributed by atoms with Gasteiger partial charge in [-0.1, -0.05) is 6.08 Å². The summed E-state index contributed by atoms with van der Waals surface area (Å²) in [6.45, 7) is 7.65. The highest BCUT2D eigenvalue weighted by Gasteiger charge is 2.18. The van der Waals surface area contributed by atoms with Crippen LogP contribution in [0.5, 0.6) is 5.75 Å². The van der Waals surface area contributed by atoms with Crippen molar-refractivity contribution in [2.24, 2.45) is 0 Å². The number of carbonyl (C=O) groups is 1. The number of hydrogen-bond acceptors (Lipinski definition) is 5. The van der Waals surface area contributed by atoms with Gasteiger partial charge < -0.3 is 19.9 Å². The van der Waals surface area contributed by atoms with E-state index in [1.807, 2.05) is 24.4 Å². The molecule has 2 aromatic rings. The van der Waals surface area contributed by atoms with Gasteiger partial charge in [-0.25, -0.2) is 0 Å². The van der Waals surface area contributed by atoms with Gasteiger partial charge in [-0.15, -0.1) is 6.58 Å². The highest BCUT2D eigenvalue weighted by atomic mass is 16.5. The minimum atomic E-state index is -0.129. The molecule has 1 saturated heterocycles. The fraction of sp³-hybridized carbons (Fsp3) is 0.300. The zero-order valence-corrected chi connectivity index (χ0v) is 15.0. The number of anilines is 2. The number of pyridine rings is 1. The predicted octanol–water partition coefficient (Wildman–Crippen LogP) is 2.33. The quantitative estimate of drug-likeness (QED) is 0.809.